The van der Waals surface area contributed by atoms with Gasteiger partial charge in [-0.3, -0.25) is 4.79 Å². The van der Waals surface area contributed by atoms with Crippen LogP contribution in [0.25, 0.3) is 0 Å². The van der Waals surface area contributed by atoms with E-state index in [-0.39, 0.29) is 35.6 Å². The van der Waals surface area contributed by atoms with Crippen molar-refractivity contribution in [3.63, 3.8) is 0 Å². The molecule has 1 fully saturated rings. The zero-order valence-corrected chi connectivity index (χ0v) is 14.9. The fourth-order valence-electron chi connectivity index (χ4n) is 2.89. The van der Waals surface area contributed by atoms with Gasteiger partial charge in [0.15, 0.2) is 0 Å². The van der Waals surface area contributed by atoms with Crippen molar-refractivity contribution < 1.29 is 9.18 Å². The molecule has 6 heteroatoms. The van der Waals surface area contributed by atoms with E-state index in [0.717, 1.165) is 19.5 Å². The SMILES string of the molecule is Cc1c(F)cccc1NC(=O)CCN1CCC(N)C(C)(C)C1.Cl. The number of rotatable bonds is 4. The molecule has 1 unspecified atom stereocenters. The third kappa shape index (κ3) is 5.16. The minimum absolute atomic E-state index is 0. The molecule has 1 atom stereocenters. The maximum Gasteiger partial charge on any atom is 0.225 e. The van der Waals surface area contributed by atoms with E-state index in [9.17, 15) is 9.18 Å². The number of hydrogen-bond acceptors (Lipinski definition) is 3. The molecule has 0 saturated carbocycles. The molecule has 1 aromatic carbocycles. The molecule has 1 aliphatic heterocycles. The van der Waals surface area contributed by atoms with Crippen LogP contribution in [0.5, 0.6) is 0 Å². The van der Waals surface area contributed by atoms with Gasteiger partial charge in [0.25, 0.3) is 0 Å². The van der Waals surface area contributed by atoms with Crippen molar-refractivity contribution >= 4 is 24.0 Å². The van der Waals surface area contributed by atoms with Crippen LogP contribution in [0.2, 0.25) is 0 Å². The molecule has 0 aliphatic carbocycles. The number of benzene rings is 1. The van der Waals surface area contributed by atoms with E-state index in [1.165, 1.54) is 6.07 Å². The number of anilines is 1. The van der Waals surface area contributed by atoms with Gasteiger partial charge in [0.2, 0.25) is 5.91 Å². The van der Waals surface area contributed by atoms with Crippen LogP contribution in [0.1, 0.15) is 32.3 Å². The van der Waals surface area contributed by atoms with Gasteiger partial charge in [0.1, 0.15) is 5.82 Å². The summed E-state index contributed by atoms with van der Waals surface area (Å²) in [6.45, 7) is 8.53. The van der Waals surface area contributed by atoms with Gasteiger partial charge < -0.3 is 16.0 Å². The number of nitrogens with one attached hydrogen (secondary N) is 1. The molecule has 3 N–H and O–H groups in total. The molecule has 4 nitrogen and oxygen atoms in total. The van der Waals surface area contributed by atoms with Crippen LogP contribution >= 0.6 is 12.4 Å². The monoisotopic (exact) mass is 343 g/mol. The Morgan fingerprint density at radius 1 is 1.48 bits per heavy atom. The smallest absolute Gasteiger partial charge is 0.225 e. The van der Waals surface area contributed by atoms with Crippen molar-refractivity contribution in [2.75, 3.05) is 25.0 Å². The van der Waals surface area contributed by atoms with Crippen LogP contribution < -0.4 is 11.1 Å². The normalized spacial score (nSPS) is 20.7. The molecule has 0 aromatic heterocycles. The number of carbonyl (C=O) groups is 1. The summed E-state index contributed by atoms with van der Waals surface area (Å²) < 4.78 is 13.5. The Hall–Kier alpha value is -1.17. The van der Waals surface area contributed by atoms with Crippen molar-refractivity contribution in [2.45, 2.75) is 39.7 Å². The first-order chi connectivity index (χ1) is 10.3. The second kappa shape index (κ2) is 8.08. The maximum atomic E-state index is 13.5. The first kappa shape index (κ1) is 19.9. The van der Waals surface area contributed by atoms with Crippen LogP contribution in [0.4, 0.5) is 10.1 Å². The third-order valence-corrected chi connectivity index (χ3v) is 4.59. The average molecular weight is 344 g/mol. The number of likely N-dealkylation sites (tertiary alicyclic amines) is 1. The second-order valence-electron chi connectivity index (χ2n) is 6.87. The minimum Gasteiger partial charge on any atom is -0.327 e. The number of nitrogens with two attached hydrogens (primary N) is 1. The van der Waals surface area contributed by atoms with Crippen LogP contribution in [-0.2, 0) is 4.79 Å². The lowest BCUT2D eigenvalue weighted by molar-refractivity contribution is -0.116. The Bertz CT molecular complexity index is 551. The highest BCUT2D eigenvalue weighted by atomic mass is 35.5. The lowest BCUT2D eigenvalue weighted by Gasteiger charge is -2.42. The molecule has 0 bridgehead atoms. The zero-order valence-electron chi connectivity index (χ0n) is 14.1. The average Bonchev–Trinajstić information content (AvgIpc) is 2.45. The lowest BCUT2D eigenvalue weighted by atomic mass is 9.79. The van der Waals surface area contributed by atoms with E-state index < -0.39 is 0 Å². The number of hydrogen-bond donors (Lipinski definition) is 2. The van der Waals surface area contributed by atoms with Crippen molar-refractivity contribution in [3.05, 3.63) is 29.6 Å². The molecule has 0 spiro atoms. The predicted molar refractivity (Wildman–Crippen MR) is 94.4 cm³/mol. The Morgan fingerprint density at radius 2 is 2.17 bits per heavy atom. The van der Waals surface area contributed by atoms with Crippen molar-refractivity contribution in [2.24, 2.45) is 11.1 Å². The van der Waals surface area contributed by atoms with Crippen molar-refractivity contribution in [1.29, 1.82) is 0 Å². The summed E-state index contributed by atoms with van der Waals surface area (Å²) >= 11 is 0. The topological polar surface area (TPSA) is 58.4 Å². The largest absolute Gasteiger partial charge is 0.327 e. The van der Waals surface area contributed by atoms with E-state index in [1.54, 1.807) is 19.1 Å². The standard InChI is InChI=1S/C17H26FN3O.ClH/c1-12-13(18)5-4-6-14(12)20-16(22)8-10-21-9-7-15(19)17(2,3)11-21;/h4-6,15H,7-11,19H2,1-3H3,(H,20,22);1H. The Morgan fingerprint density at radius 3 is 2.83 bits per heavy atom. The van der Waals surface area contributed by atoms with Crippen LogP contribution in [-0.4, -0.2) is 36.5 Å². The summed E-state index contributed by atoms with van der Waals surface area (Å²) in [5, 5.41) is 2.79. The van der Waals surface area contributed by atoms with Crippen LogP contribution in [0.15, 0.2) is 18.2 Å². The quantitative estimate of drug-likeness (QED) is 0.883. The Labute approximate surface area is 144 Å². The van der Waals surface area contributed by atoms with Gasteiger partial charge in [-0.25, -0.2) is 4.39 Å². The number of piperidine rings is 1. The molecule has 0 radical (unpaired) electrons. The third-order valence-electron chi connectivity index (χ3n) is 4.59. The molecule has 1 amide bonds. The number of amides is 1. The van der Waals surface area contributed by atoms with Crippen LogP contribution in [0.3, 0.4) is 0 Å². The van der Waals surface area contributed by atoms with E-state index in [4.69, 9.17) is 5.73 Å². The van der Waals surface area contributed by atoms with Crippen molar-refractivity contribution in [3.8, 4) is 0 Å². The fraction of sp³-hybridized carbons (Fsp3) is 0.588. The summed E-state index contributed by atoms with van der Waals surface area (Å²) in [6.07, 6.45) is 1.36. The number of nitrogens with zero attached hydrogens (tertiary/aromatic N) is 1. The maximum absolute atomic E-state index is 13.5. The number of halogens is 2. The van der Waals surface area contributed by atoms with Crippen LogP contribution in [0, 0.1) is 18.2 Å². The van der Waals surface area contributed by atoms with E-state index >= 15 is 0 Å². The van der Waals surface area contributed by atoms with Gasteiger partial charge in [0.05, 0.1) is 0 Å². The van der Waals surface area contributed by atoms with Crippen molar-refractivity contribution in [1.82, 2.24) is 4.90 Å². The molecule has 1 saturated heterocycles. The predicted octanol–water partition coefficient (Wildman–Crippen LogP) is 2.94. The first-order valence-electron chi connectivity index (χ1n) is 7.82. The van der Waals surface area contributed by atoms with Gasteiger partial charge in [-0.2, -0.15) is 0 Å². The molecule has 1 aliphatic rings. The Balaban J connectivity index is 0.00000264. The van der Waals surface area contributed by atoms with E-state index in [1.807, 2.05) is 0 Å². The second-order valence-corrected chi connectivity index (χ2v) is 6.87. The molecule has 23 heavy (non-hydrogen) atoms. The Kier molecular flexibility index (Phi) is 6.99. The van der Waals surface area contributed by atoms with Gasteiger partial charge in [-0.05, 0) is 37.4 Å². The molecule has 2 rings (SSSR count). The summed E-state index contributed by atoms with van der Waals surface area (Å²) in [5.74, 6) is -0.383. The first-order valence-corrected chi connectivity index (χ1v) is 7.82. The highest BCUT2D eigenvalue weighted by Gasteiger charge is 2.33. The summed E-state index contributed by atoms with van der Waals surface area (Å²) in [4.78, 5) is 14.3. The van der Waals surface area contributed by atoms with Gasteiger partial charge in [-0.15, -0.1) is 12.4 Å². The molecule has 1 aromatic rings. The highest BCUT2D eigenvalue weighted by molar-refractivity contribution is 5.91. The summed E-state index contributed by atoms with van der Waals surface area (Å²) in [7, 11) is 0. The molecule has 130 valence electrons. The number of carbonyl (C=O) groups excluding carboxylic acids is 1. The summed E-state index contributed by atoms with van der Waals surface area (Å²) in [5.41, 5.74) is 7.22. The summed E-state index contributed by atoms with van der Waals surface area (Å²) in [6, 6.07) is 4.93. The zero-order chi connectivity index (χ0) is 16.3. The molecular weight excluding hydrogens is 317 g/mol. The van der Waals surface area contributed by atoms with Gasteiger partial charge in [-0.1, -0.05) is 19.9 Å². The molecule has 1 heterocycles. The highest BCUT2D eigenvalue weighted by Crippen LogP contribution is 2.27. The minimum atomic E-state index is -0.301. The van der Waals surface area contributed by atoms with Gasteiger partial charge in [0, 0.05) is 36.8 Å². The fourth-order valence-corrected chi connectivity index (χ4v) is 2.89. The lowest BCUT2D eigenvalue weighted by Crippen LogP contribution is -2.52. The van der Waals surface area contributed by atoms with Gasteiger partial charge >= 0.3 is 0 Å². The van der Waals surface area contributed by atoms with E-state index in [2.05, 4.69) is 24.1 Å². The van der Waals surface area contributed by atoms with E-state index in [0.29, 0.717) is 24.2 Å². The molecular formula is C17H27ClFN3O.